The van der Waals surface area contributed by atoms with E-state index in [2.05, 4.69) is 19.1 Å². The van der Waals surface area contributed by atoms with E-state index in [0.717, 1.165) is 5.56 Å². The molecule has 0 aromatic heterocycles. The zero-order chi connectivity index (χ0) is 17.6. The predicted octanol–water partition coefficient (Wildman–Crippen LogP) is 4.52. The van der Waals surface area contributed by atoms with Gasteiger partial charge in [0.15, 0.2) is 5.78 Å². The van der Waals surface area contributed by atoms with Crippen molar-refractivity contribution in [2.45, 2.75) is 45.1 Å². The Morgan fingerprint density at radius 1 is 1.08 bits per heavy atom. The molecule has 0 bridgehead atoms. The van der Waals surface area contributed by atoms with Crippen LogP contribution < -0.4 is 4.90 Å². The molecule has 1 heterocycles. The Kier molecular flexibility index (Phi) is 3.91. The van der Waals surface area contributed by atoms with Gasteiger partial charge in [-0.15, -0.1) is 0 Å². The van der Waals surface area contributed by atoms with Crippen molar-refractivity contribution in [3.63, 3.8) is 0 Å². The summed E-state index contributed by atoms with van der Waals surface area (Å²) in [6.45, 7) is 2.47. The molecular weight excluding hydrogens is 317 g/mol. The molecule has 0 radical (unpaired) electrons. The highest BCUT2D eigenvalue weighted by Gasteiger charge is 2.28. The van der Waals surface area contributed by atoms with E-state index in [0.29, 0.717) is 23.7 Å². The van der Waals surface area contributed by atoms with Gasteiger partial charge in [0, 0.05) is 18.4 Å². The second kappa shape index (κ2) is 6.10. The summed E-state index contributed by atoms with van der Waals surface area (Å²) in [7, 11) is 0. The summed E-state index contributed by atoms with van der Waals surface area (Å²) < 4.78 is 13.8. The Labute approximate surface area is 146 Å². The first-order valence-corrected chi connectivity index (χ1v) is 8.75. The van der Waals surface area contributed by atoms with Gasteiger partial charge in [-0.2, -0.15) is 0 Å². The number of halogens is 1. The highest BCUT2D eigenvalue weighted by molar-refractivity contribution is 6.10. The average Bonchev–Trinajstić information content (AvgIpc) is 3.43. The number of rotatable bonds is 3. The average molecular weight is 337 g/mol. The summed E-state index contributed by atoms with van der Waals surface area (Å²) in [5, 5.41) is 0. The van der Waals surface area contributed by atoms with Crippen molar-refractivity contribution >= 4 is 17.4 Å². The maximum atomic E-state index is 13.8. The van der Waals surface area contributed by atoms with Gasteiger partial charge >= 0.3 is 0 Å². The van der Waals surface area contributed by atoms with Crippen LogP contribution in [0.25, 0.3) is 0 Å². The molecule has 4 heteroatoms. The second-order valence-electron chi connectivity index (χ2n) is 7.03. The van der Waals surface area contributed by atoms with E-state index in [4.69, 9.17) is 0 Å². The first kappa shape index (κ1) is 16.0. The summed E-state index contributed by atoms with van der Waals surface area (Å²) >= 11 is 0. The van der Waals surface area contributed by atoms with Crippen LogP contribution in [0.3, 0.4) is 0 Å². The quantitative estimate of drug-likeness (QED) is 0.826. The van der Waals surface area contributed by atoms with Crippen molar-refractivity contribution in [2.75, 3.05) is 4.90 Å². The molecule has 1 amide bonds. The monoisotopic (exact) mass is 337 g/mol. The van der Waals surface area contributed by atoms with Crippen LogP contribution in [0, 0.1) is 12.7 Å². The third-order valence-corrected chi connectivity index (χ3v) is 5.12. The van der Waals surface area contributed by atoms with Crippen LogP contribution in [0.15, 0.2) is 36.4 Å². The van der Waals surface area contributed by atoms with Crippen molar-refractivity contribution in [2.24, 2.45) is 0 Å². The lowest BCUT2D eigenvalue weighted by molar-refractivity contribution is -0.118. The number of anilines is 1. The van der Waals surface area contributed by atoms with E-state index in [1.165, 1.54) is 42.2 Å². The van der Waals surface area contributed by atoms with Gasteiger partial charge in [0.25, 0.3) is 0 Å². The van der Waals surface area contributed by atoms with Gasteiger partial charge in [-0.1, -0.05) is 18.2 Å². The van der Waals surface area contributed by atoms with Crippen LogP contribution in [-0.4, -0.2) is 11.7 Å². The number of aryl methyl sites for hydroxylation is 1. The number of amides is 1. The van der Waals surface area contributed by atoms with Gasteiger partial charge in [-0.3, -0.25) is 9.59 Å². The van der Waals surface area contributed by atoms with Crippen LogP contribution in [0.5, 0.6) is 0 Å². The number of hydrogen-bond acceptors (Lipinski definition) is 2. The molecule has 2 aromatic rings. The molecule has 0 N–H and O–H groups in total. The number of nitrogens with zero attached hydrogens (tertiary/aromatic N) is 1. The molecule has 4 rings (SSSR count). The van der Waals surface area contributed by atoms with Gasteiger partial charge < -0.3 is 4.90 Å². The van der Waals surface area contributed by atoms with E-state index in [9.17, 15) is 14.0 Å². The van der Waals surface area contributed by atoms with Gasteiger partial charge in [0.05, 0.1) is 12.2 Å². The molecule has 2 aromatic carbocycles. The smallest absolute Gasteiger partial charge is 0.227 e. The molecule has 0 atom stereocenters. The maximum Gasteiger partial charge on any atom is 0.227 e. The van der Waals surface area contributed by atoms with E-state index in [-0.39, 0.29) is 24.5 Å². The number of hydrogen-bond donors (Lipinski definition) is 0. The Morgan fingerprint density at radius 3 is 2.64 bits per heavy atom. The Hall–Kier alpha value is -2.49. The number of ketones is 1. The van der Waals surface area contributed by atoms with E-state index in [1.54, 1.807) is 4.90 Å². The van der Waals surface area contributed by atoms with Crippen molar-refractivity contribution in [3.8, 4) is 0 Å². The summed E-state index contributed by atoms with van der Waals surface area (Å²) in [5.41, 5.74) is 4.46. The maximum absolute atomic E-state index is 13.8. The van der Waals surface area contributed by atoms with Crippen molar-refractivity contribution < 1.29 is 14.0 Å². The topological polar surface area (TPSA) is 37.4 Å². The van der Waals surface area contributed by atoms with Crippen molar-refractivity contribution in [1.82, 2.24) is 0 Å². The number of benzene rings is 2. The largest absolute Gasteiger partial charge is 0.307 e. The van der Waals surface area contributed by atoms with Crippen molar-refractivity contribution in [3.05, 3.63) is 64.5 Å². The van der Waals surface area contributed by atoms with E-state index >= 15 is 0 Å². The predicted molar refractivity (Wildman–Crippen MR) is 94.3 cm³/mol. The highest BCUT2D eigenvalue weighted by Crippen LogP contribution is 2.42. The number of carbonyl (C=O) groups excluding carboxylic acids is 2. The molecular formula is C21H20FNO2. The molecule has 1 aliphatic carbocycles. The first-order valence-electron chi connectivity index (χ1n) is 8.75. The minimum absolute atomic E-state index is 0.103. The fourth-order valence-electron chi connectivity index (χ4n) is 3.57. The third kappa shape index (κ3) is 3.09. The van der Waals surface area contributed by atoms with Crippen LogP contribution in [-0.2, 0) is 11.3 Å². The SMILES string of the molecule is Cc1ccc(CN2C(=O)CCC(=O)c3ccc(F)cc32)cc1C1CC1. The normalized spacial score (nSPS) is 17.4. The second-order valence-corrected chi connectivity index (χ2v) is 7.03. The van der Waals surface area contributed by atoms with Gasteiger partial charge in [-0.05, 0) is 60.6 Å². The van der Waals surface area contributed by atoms with Crippen LogP contribution in [0.1, 0.15) is 58.6 Å². The lowest BCUT2D eigenvalue weighted by Gasteiger charge is -2.23. The van der Waals surface area contributed by atoms with Gasteiger partial charge in [0.2, 0.25) is 5.91 Å². The Morgan fingerprint density at radius 2 is 1.88 bits per heavy atom. The third-order valence-electron chi connectivity index (χ3n) is 5.12. The van der Waals surface area contributed by atoms with Crippen LogP contribution >= 0.6 is 0 Å². The fourth-order valence-corrected chi connectivity index (χ4v) is 3.57. The standard InChI is InChI=1S/C21H20FNO2/c1-13-2-3-14(10-18(13)15-4-5-15)12-23-19-11-16(22)6-7-17(19)20(24)8-9-21(23)25/h2-3,6-7,10-11,15H,4-5,8-9,12H2,1H3. The minimum atomic E-state index is -0.436. The molecule has 2 aliphatic rings. The summed E-state index contributed by atoms with van der Waals surface area (Å²) in [6.07, 6.45) is 2.77. The molecule has 1 aliphatic heterocycles. The summed E-state index contributed by atoms with van der Waals surface area (Å²) in [4.78, 5) is 26.4. The fraction of sp³-hybridized carbons (Fsp3) is 0.333. The van der Waals surface area contributed by atoms with E-state index < -0.39 is 5.82 Å². The lowest BCUT2D eigenvalue weighted by atomic mass is 10.0. The summed E-state index contributed by atoms with van der Waals surface area (Å²) in [5.74, 6) is -0.0420. The van der Waals surface area contributed by atoms with E-state index in [1.807, 2.05) is 6.07 Å². The molecule has 25 heavy (non-hydrogen) atoms. The highest BCUT2D eigenvalue weighted by atomic mass is 19.1. The summed E-state index contributed by atoms with van der Waals surface area (Å²) in [6, 6.07) is 10.3. The van der Waals surface area contributed by atoms with Crippen LogP contribution in [0.2, 0.25) is 0 Å². The number of carbonyl (C=O) groups is 2. The van der Waals surface area contributed by atoms with Gasteiger partial charge in [-0.25, -0.2) is 4.39 Å². The minimum Gasteiger partial charge on any atom is -0.307 e. The molecule has 0 unspecified atom stereocenters. The molecule has 1 saturated carbocycles. The van der Waals surface area contributed by atoms with Crippen LogP contribution in [0.4, 0.5) is 10.1 Å². The molecule has 128 valence electrons. The zero-order valence-electron chi connectivity index (χ0n) is 14.2. The Bertz CT molecular complexity index is 870. The zero-order valence-corrected chi connectivity index (χ0v) is 14.2. The first-order chi connectivity index (χ1) is 12.0. The Balaban J connectivity index is 1.72. The molecule has 0 saturated heterocycles. The lowest BCUT2D eigenvalue weighted by Crippen LogP contribution is -2.29. The molecule has 3 nitrogen and oxygen atoms in total. The number of Topliss-reactive ketones (excluding diaryl/α,β-unsaturated/α-hetero) is 1. The van der Waals surface area contributed by atoms with Gasteiger partial charge in [0.1, 0.15) is 5.82 Å². The number of fused-ring (bicyclic) bond motifs is 1. The molecule has 1 fully saturated rings. The van der Waals surface area contributed by atoms with Crippen molar-refractivity contribution in [1.29, 1.82) is 0 Å². The molecule has 0 spiro atoms.